The Morgan fingerprint density at radius 1 is 1.11 bits per heavy atom. The molecule has 0 saturated carbocycles. The van der Waals surface area contributed by atoms with Crippen molar-refractivity contribution in [2.45, 2.75) is 6.92 Å². The first-order chi connectivity index (χ1) is 18.2. The molecule has 10 nitrogen and oxygen atoms in total. The number of aromatic hydroxyl groups is 1. The Kier molecular flexibility index (Phi) is 7.96. The molecule has 38 heavy (non-hydrogen) atoms. The third-order valence-corrected chi connectivity index (χ3v) is 6.34. The summed E-state index contributed by atoms with van der Waals surface area (Å²) in [4.78, 5) is 51.2. The van der Waals surface area contributed by atoms with Gasteiger partial charge < -0.3 is 19.9 Å². The van der Waals surface area contributed by atoms with Gasteiger partial charge in [-0.1, -0.05) is 18.2 Å². The van der Waals surface area contributed by atoms with E-state index in [-0.39, 0.29) is 35.3 Å². The number of methoxy groups -OCH3 is 1. The van der Waals surface area contributed by atoms with Crippen molar-refractivity contribution in [1.29, 1.82) is 0 Å². The summed E-state index contributed by atoms with van der Waals surface area (Å²) in [5, 5.41) is 14.4. The van der Waals surface area contributed by atoms with Crippen molar-refractivity contribution < 1.29 is 33.8 Å². The van der Waals surface area contributed by atoms with Crippen LogP contribution in [-0.2, 0) is 14.4 Å². The fraction of sp³-hybridized carbons (Fsp3) is 0.111. The van der Waals surface area contributed by atoms with Gasteiger partial charge in [-0.3, -0.25) is 19.7 Å². The number of hydrogen-bond acceptors (Lipinski definition) is 7. The summed E-state index contributed by atoms with van der Waals surface area (Å²) in [7, 11) is 1.42. The predicted molar refractivity (Wildman–Crippen MR) is 148 cm³/mol. The highest BCUT2D eigenvalue weighted by Gasteiger charge is 2.36. The minimum absolute atomic E-state index is 0.0397. The molecular weight excluding hydrogens is 605 g/mol. The zero-order chi connectivity index (χ0) is 27.4. The molecular formula is C27H22IN3O7. The minimum atomic E-state index is -0.900. The quantitative estimate of drug-likeness (QED) is 0.205. The number of carbonyl (C=O) groups is 4. The standard InChI is InChI=1S/C27H22IN3O7/c1-15-5-3-4-6-21(15)29-23(33)14-38-24-20(28)12-16(13-22(24)37-2)11-19-25(34)30-27(36)31(26(19)35)17-7-9-18(32)10-8-17/h3-13,32H,14H2,1-2H3,(H,29,33)(H,30,34,36)/b19-11-. The Morgan fingerprint density at radius 2 is 1.82 bits per heavy atom. The van der Waals surface area contributed by atoms with E-state index in [0.717, 1.165) is 10.5 Å². The van der Waals surface area contributed by atoms with E-state index < -0.39 is 17.8 Å². The van der Waals surface area contributed by atoms with Gasteiger partial charge >= 0.3 is 6.03 Å². The molecule has 1 heterocycles. The molecule has 1 aliphatic heterocycles. The number of halogens is 1. The average molecular weight is 627 g/mol. The topological polar surface area (TPSA) is 134 Å². The number of phenolic OH excluding ortho intramolecular Hbond substituents is 1. The maximum absolute atomic E-state index is 13.1. The molecule has 0 unspecified atom stereocenters. The first-order valence-electron chi connectivity index (χ1n) is 11.2. The lowest BCUT2D eigenvalue weighted by Gasteiger charge is -2.26. The molecule has 11 heteroatoms. The molecule has 0 aromatic heterocycles. The monoisotopic (exact) mass is 627 g/mol. The number of aryl methyl sites for hydroxylation is 1. The number of nitrogens with zero attached hydrogens (tertiary/aromatic N) is 1. The molecule has 5 amide bonds. The number of phenols is 1. The number of urea groups is 1. The van der Waals surface area contributed by atoms with E-state index in [1.165, 1.54) is 37.5 Å². The van der Waals surface area contributed by atoms with E-state index in [1.54, 1.807) is 18.2 Å². The van der Waals surface area contributed by atoms with Crippen molar-refractivity contribution in [3.63, 3.8) is 0 Å². The lowest BCUT2D eigenvalue weighted by molar-refractivity contribution is -0.122. The van der Waals surface area contributed by atoms with Crippen molar-refractivity contribution in [3.05, 3.63) is 80.9 Å². The number of benzene rings is 3. The summed E-state index contributed by atoms with van der Waals surface area (Å²) < 4.78 is 11.7. The summed E-state index contributed by atoms with van der Waals surface area (Å²) in [6.45, 7) is 1.61. The van der Waals surface area contributed by atoms with Gasteiger partial charge in [0, 0.05) is 5.69 Å². The summed E-state index contributed by atoms with van der Waals surface area (Å²) >= 11 is 2.00. The molecule has 0 bridgehead atoms. The normalized spacial score (nSPS) is 14.3. The first-order valence-corrected chi connectivity index (χ1v) is 12.3. The Bertz CT molecular complexity index is 1470. The number of carbonyl (C=O) groups excluding carboxylic acids is 4. The van der Waals surface area contributed by atoms with Crippen molar-refractivity contribution in [3.8, 4) is 17.2 Å². The van der Waals surface area contributed by atoms with Crippen LogP contribution in [0.4, 0.5) is 16.2 Å². The number of hydrogen-bond donors (Lipinski definition) is 3. The molecule has 4 rings (SSSR count). The fourth-order valence-electron chi connectivity index (χ4n) is 3.66. The fourth-order valence-corrected chi connectivity index (χ4v) is 4.44. The third kappa shape index (κ3) is 5.78. The van der Waals surface area contributed by atoms with Crippen LogP contribution in [0.3, 0.4) is 0 Å². The first kappa shape index (κ1) is 26.7. The van der Waals surface area contributed by atoms with Crippen LogP contribution < -0.4 is 25.0 Å². The average Bonchev–Trinajstić information content (AvgIpc) is 2.88. The van der Waals surface area contributed by atoms with Crippen LogP contribution in [0.15, 0.2) is 66.2 Å². The molecule has 194 valence electrons. The van der Waals surface area contributed by atoms with Gasteiger partial charge in [0.1, 0.15) is 11.3 Å². The zero-order valence-electron chi connectivity index (χ0n) is 20.3. The van der Waals surface area contributed by atoms with Gasteiger partial charge in [0.2, 0.25) is 0 Å². The van der Waals surface area contributed by atoms with Crippen LogP contribution in [0.2, 0.25) is 0 Å². The number of imide groups is 2. The number of rotatable bonds is 7. The Morgan fingerprint density at radius 3 is 2.50 bits per heavy atom. The maximum Gasteiger partial charge on any atom is 0.335 e. The van der Waals surface area contributed by atoms with Gasteiger partial charge in [0.25, 0.3) is 17.7 Å². The van der Waals surface area contributed by atoms with Crippen LogP contribution >= 0.6 is 22.6 Å². The Labute approximate surface area is 231 Å². The van der Waals surface area contributed by atoms with Gasteiger partial charge in [-0.15, -0.1) is 0 Å². The van der Waals surface area contributed by atoms with E-state index in [4.69, 9.17) is 9.47 Å². The molecule has 0 radical (unpaired) electrons. The van der Waals surface area contributed by atoms with Crippen molar-refractivity contribution in [2.24, 2.45) is 0 Å². The number of ether oxygens (including phenoxy) is 2. The number of amides is 5. The van der Waals surface area contributed by atoms with Crippen LogP contribution in [0.25, 0.3) is 6.08 Å². The molecule has 0 aliphatic carbocycles. The van der Waals surface area contributed by atoms with Gasteiger partial charge in [-0.2, -0.15) is 0 Å². The Balaban J connectivity index is 1.56. The highest BCUT2D eigenvalue weighted by Crippen LogP contribution is 2.35. The maximum atomic E-state index is 13.1. The molecule has 0 atom stereocenters. The second-order valence-electron chi connectivity index (χ2n) is 8.16. The smallest absolute Gasteiger partial charge is 0.335 e. The van der Waals surface area contributed by atoms with E-state index in [2.05, 4.69) is 10.6 Å². The second-order valence-corrected chi connectivity index (χ2v) is 9.32. The summed E-state index contributed by atoms with van der Waals surface area (Å²) in [6, 6.07) is 15.1. The minimum Gasteiger partial charge on any atom is -0.508 e. The molecule has 1 saturated heterocycles. The summed E-state index contributed by atoms with van der Waals surface area (Å²) in [5.41, 5.74) is 1.93. The third-order valence-electron chi connectivity index (χ3n) is 5.54. The van der Waals surface area contributed by atoms with Gasteiger partial charge in [-0.05, 0) is 89.2 Å². The number of anilines is 2. The highest BCUT2D eigenvalue weighted by molar-refractivity contribution is 14.1. The molecule has 1 fully saturated rings. The predicted octanol–water partition coefficient (Wildman–Crippen LogP) is 4.00. The van der Waals surface area contributed by atoms with Crippen molar-refractivity contribution in [2.75, 3.05) is 23.9 Å². The largest absolute Gasteiger partial charge is 0.508 e. The number of barbiturate groups is 1. The van der Waals surface area contributed by atoms with Crippen LogP contribution in [0.1, 0.15) is 11.1 Å². The zero-order valence-corrected chi connectivity index (χ0v) is 22.4. The van der Waals surface area contributed by atoms with E-state index in [1.807, 2.05) is 47.7 Å². The highest BCUT2D eigenvalue weighted by atomic mass is 127. The number of para-hydroxylation sites is 1. The molecule has 1 aliphatic rings. The molecule has 0 spiro atoms. The molecule has 3 aromatic carbocycles. The van der Waals surface area contributed by atoms with Crippen molar-refractivity contribution in [1.82, 2.24) is 5.32 Å². The van der Waals surface area contributed by atoms with E-state index >= 15 is 0 Å². The lowest BCUT2D eigenvalue weighted by Crippen LogP contribution is -2.54. The van der Waals surface area contributed by atoms with Crippen LogP contribution in [0, 0.1) is 10.5 Å². The van der Waals surface area contributed by atoms with Gasteiger partial charge in [0.15, 0.2) is 18.1 Å². The number of nitrogens with one attached hydrogen (secondary N) is 2. The summed E-state index contributed by atoms with van der Waals surface area (Å²) in [5.74, 6) is -1.48. The van der Waals surface area contributed by atoms with Gasteiger partial charge in [0.05, 0.1) is 16.4 Å². The molecule has 3 N–H and O–H groups in total. The van der Waals surface area contributed by atoms with Gasteiger partial charge in [-0.25, -0.2) is 9.69 Å². The molecule has 3 aromatic rings. The lowest BCUT2D eigenvalue weighted by atomic mass is 10.1. The summed E-state index contributed by atoms with van der Waals surface area (Å²) in [6.07, 6.45) is 1.33. The van der Waals surface area contributed by atoms with Crippen LogP contribution in [-0.4, -0.2) is 42.6 Å². The van der Waals surface area contributed by atoms with Crippen LogP contribution in [0.5, 0.6) is 17.2 Å². The van der Waals surface area contributed by atoms with Crippen molar-refractivity contribution >= 4 is 63.8 Å². The van der Waals surface area contributed by atoms with E-state index in [9.17, 15) is 24.3 Å². The second kappa shape index (κ2) is 11.3. The van der Waals surface area contributed by atoms with E-state index in [0.29, 0.717) is 20.6 Å². The Hall–Kier alpha value is -4.39. The SMILES string of the molecule is COc1cc(/C=C2/C(=O)NC(=O)N(c3ccc(O)cc3)C2=O)cc(I)c1OCC(=O)Nc1ccccc1C.